The highest BCUT2D eigenvalue weighted by Gasteiger charge is 2.33. The molecule has 0 radical (unpaired) electrons. The standard InChI is InChI=1S/C17H16BrNO6S/c1-3-24-17(23)14(15-19-9(2)8-26-15)13(21)7-25-16(22)11-6-10(18)4-5-12(11)20/h4-6,8,14,20H,3,7H2,1-2H3/t14-/m0/s1. The van der Waals surface area contributed by atoms with Crippen LogP contribution in [0.1, 0.15) is 33.9 Å². The molecule has 2 aromatic rings. The largest absolute Gasteiger partial charge is 0.507 e. The van der Waals surface area contributed by atoms with E-state index in [0.29, 0.717) is 10.2 Å². The molecule has 7 nitrogen and oxygen atoms in total. The molecular weight excluding hydrogens is 426 g/mol. The smallest absolute Gasteiger partial charge is 0.342 e. The molecule has 0 fully saturated rings. The van der Waals surface area contributed by atoms with E-state index in [4.69, 9.17) is 9.47 Å². The molecule has 0 amide bonds. The van der Waals surface area contributed by atoms with Crippen molar-refractivity contribution in [1.82, 2.24) is 4.98 Å². The van der Waals surface area contributed by atoms with E-state index >= 15 is 0 Å². The number of carbonyl (C=O) groups is 3. The van der Waals surface area contributed by atoms with Gasteiger partial charge in [-0.15, -0.1) is 11.3 Å². The molecule has 0 aliphatic heterocycles. The van der Waals surface area contributed by atoms with Gasteiger partial charge in [0.25, 0.3) is 0 Å². The number of esters is 2. The van der Waals surface area contributed by atoms with E-state index in [1.165, 1.54) is 12.1 Å². The molecule has 1 atom stereocenters. The number of Topliss-reactive ketones (excluding diaryl/α,β-unsaturated/α-hetero) is 1. The molecule has 2 rings (SSSR count). The molecule has 26 heavy (non-hydrogen) atoms. The van der Waals surface area contributed by atoms with Crippen molar-refractivity contribution in [2.75, 3.05) is 13.2 Å². The second-order valence-corrected chi connectivity index (χ2v) is 7.02. The van der Waals surface area contributed by atoms with Crippen LogP contribution < -0.4 is 0 Å². The third-order valence-corrected chi connectivity index (χ3v) is 4.77. The van der Waals surface area contributed by atoms with Crippen molar-refractivity contribution in [2.24, 2.45) is 0 Å². The molecule has 1 heterocycles. The van der Waals surface area contributed by atoms with Crippen molar-refractivity contribution in [3.05, 3.63) is 44.3 Å². The van der Waals surface area contributed by atoms with Crippen LogP contribution in [0.3, 0.4) is 0 Å². The van der Waals surface area contributed by atoms with Crippen molar-refractivity contribution < 1.29 is 29.0 Å². The average molecular weight is 442 g/mol. The van der Waals surface area contributed by atoms with Crippen LogP contribution in [0.5, 0.6) is 5.75 Å². The van der Waals surface area contributed by atoms with Crippen LogP contribution in [0.15, 0.2) is 28.1 Å². The molecule has 0 aliphatic rings. The summed E-state index contributed by atoms with van der Waals surface area (Å²) in [6.45, 7) is 2.83. The lowest BCUT2D eigenvalue weighted by Crippen LogP contribution is -2.28. The van der Waals surface area contributed by atoms with Crippen LogP contribution in [0, 0.1) is 6.92 Å². The fourth-order valence-corrected chi connectivity index (χ4v) is 3.34. The van der Waals surface area contributed by atoms with Gasteiger partial charge in [0.15, 0.2) is 18.3 Å². The quantitative estimate of drug-likeness (QED) is 0.520. The Labute approximate surface area is 162 Å². The van der Waals surface area contributed by atoms with Gasteiger partial charge >= 0.3 is 11.9 Å². The molecule has 138 valence electrons. The summed E-state index contributed by atoms with van der Waals surface area (Å²) in [6, 6.07) is 4.25. The second kappa shape index (κ2) is 8.91. The number of ether oxygens (including phenoxy) is 2. The van der Waals surface area contributed by atoms with Gasteiger partial charge in [0.05, 0.1) is 6.61 Å². The number of nitrogens with zero attached hydrogens (tertiary/aromatic N) is 1. The summed E-state index contributed by atoms with van der Waals surface area (Å²) in [5.74, 6) is -3.80. The topological polar surface area (TPSA) is 103 Å². The zero-order valence-electron chi connectivity index (χ0n) is 14.0. The fourth-order valence-electron chi connectivity index (χ4n) is 2.07. The Morgan fingerprint density at radius 1 is 1.31 bits per heavy atom. The first-order chi connectivity index (χ1) is 12.3. The number of aromatic nitrogens is 1. The number of hydrogen-bond acceptors (Lipinski definition) is 8. The Bertz CT molecular complexity index is 834. The van der Waals surface area contributed by atoms with Gasteiger partial charge in [-0.1, -0.05) is 15.9 Å². The van der Waals surface area contributed by atoms with Crippen molar-refractivity contribution in [3.8, 4) is 5.75 Å². The minimum absolute atomic E-state index is 0.0926. The van der Waals surface area contributed by atoms with E-state index in [2.05, 4.69) is 20.9 Å². The van der Waals surface area contributed by atoms with Crippen LogP contribution in [0.4, 0.5) is 0 Å². The highest BCUT2D eigenvalue weighted by Crippen LogP contribution is 2.25. The third-order valence-electron chi connectivity index (χ3n) is 3.25. The molecule has 0 saturated carbocycles. The lowest BCUT2D eigenvalue weighted by atomic mass is 10.1. The van der Waals surface area contributed by atoms with Gasteiger partial charge in [0.2, 0.25) is 0 Å². The highest BCUT2D eigenvalue weighted by atomic mass is 79.9. The Kier molecular flexibility index (Phi) is 6.87. The molecule has 0 spiro atoms. The summed E-state index contributed by atoms with van der Waals surface area (Å²) < 4.78 is 10.5. The third kappa shape index (κ3) is 4.89. The van der Waals surface area contributed by atoms with Crippen LogP contribution in [0.2, 0.25) is 0 Å². The van der Waals surface area contributed by atoms with Crippen LogP contribution in [-0.4, -0.2) is 41.0 Å². The number of thiazole rings is 1. The SMILES string of the molecule is CCOC(=O)[C@@H](C(=O)COC(=O)c1cc(Br)ccc1O)c1nc(C)cs1. The van der Waals surface area contributed by atoms with E-state index in [0.717, 1.165) is 11.3 Å². The van der Waals surface area contributed by atoms with Crippen LogP contribution in [-0.2, 0) is 19.1 Å². The van der Waals surface area contributed by atoms with Gasteiger partial charge in [-0.05, 0) is 32.0 Å². The second-order valence-electron chi connectivity index (χ2n) is 5.22. The zero-order valence-corrected chi connectivity index (χ0v) is 16.4. The number of rotatable bonds is 7. The van der Waals surface area contributed by atoms with Crippen molar-refractivity contribution in [1.29, 1.82) is 0 Å². The van der Waals surface area contributed by atoms with E-state index in [9.17, 15) is 19.5 Å². The lowest BCUT2D eigenvalue weighted by molar-refractivity contribution is -0.148. The highest BCUT2D eigenvalue weighted by molar-refractivity contribution is 9.10. The average Bonchev–Trinajstić information content (AvgIpc) is 3.01. The number of carbonyl (C=O) groups excluding carboxylic acids is 3. The molecule has 0 bridgehead atoms. The number of phenols is 1. The normalized spacial score (nSPS) is 11.7. The molecule has 1 N–H and O–H groups in total. The molecule has 0 aliphatic carbocycles. The summed E-state index contributed by atoms with van der Waals surface area (Å²) >= 11 is 4.34. The van der Waals surface area contributed by atoms with Crippen molar-refractivity contribution >= 4 is 45.0 Å². The molecule has 0 saturated heterocycles. The van der Waals surface area contributed by atoms with E-state index in [1.807, 2.05) is 0 Å². The number of halogens is 1. The number of hydrogen-bond donors (Lipinski definition) is 1. The monoisotopic (exact) mass is 441 g/mol. The fraction of sp³-hybridized carbons (Fsp3) is 0.294. The first-order valence-electron chi connectivity index (χ1n) is 7.60. The van der Waals surface area contributed by atoms with E-state index in [-0.39, 0.29) is 22.9 Å². The number of aromatic hydroxyl groups is 1. The Morgan fingerprint density at radius 3 is 2.65 bits per heavy atom. The Morgan fingerprint density at radius 2 is 2.04 bits per heavy atom. The van der Waals surface area contributed by atoms with Gasteiger partial charge in [-0.25, -0.2) is 9.78 Å². The van der Waals surface area contributed by atoms with Gasteiger partial charge in [0.1, 0.15) is 16.3 Å². The maximum absolute atomic E-state index is 12.5. The predicted octanol–water partition coefficient (Wildman–Crippen LogP) is 2.99. The summed E-state index contributed by atoms with van der Waals surface area (Å²) in [5, 5.41) is 11.7. The number of benzene rings is 1. The van der Waals surface area contributed by atoms with Crippen molar-refractivity contribution in [3.63, 3.8) is 0 Å². The number of phenolic OH excluding ortho intramolecular Hbond substituents is 1. The predicted molar refractivity (Wildman–Crippen MR) is 97.3 cm³/mol. The summed E-state index contributed by atoms with van der Waals surface area (Å²) in [5.41, 5.74) is 0.577. The molecule has 9 heteroatoms. The first-order valence-corrected chi connectivity index (χ1v) is 9.27. The van der Waals surface area contributed by atoms with Gasteiger partial charge in [-0.2, -0.15) is 0 Å². The lowest BCUT2D eigenvalue weighted by Gasteiger charge is -2.13. The first kappa shape index (κ1) is 20.1. The van der Waals surface area contributed by atoms with Crippen LogP contribution in [0.25, 0.3) is 0 Å². The Balaban J connectivity index is 2.13. The number of aryl methyl sites for hydroxylation is 1. The summed E-state index contributed by atoms with van der Waals surface area (Å²) in [7, 11) is 0. The van der Waals surface area contributed by atoms with E-state index < -0.39 is 30.2 Å². The van der Waals surface area contributed by atoms with E-state index in [1.54, 1.807) is 25.3 Å². The van der Waals surface area contributed by atoms with Crippen molar-refractivity contribution in [2.45, 2.75) is 19.8 Å². The summed E-state index contributed by atoms with van der Waals surface area (Å²) in [6.07, 6.45) is 0. The Hall–Kier alpha value is -2.26. The molecular formula is C17H16BrNO6S. The minimum atomic E-state index is -1.25. The minimum Gasteiger partial charge on any atom is -0.507 e. The maximum atomic E-state index is 12.5. The molecule has 0 unspecified atom stereocenters. The zero-order chi connectivity index (χ0) is 19.3. The molecule has 1 aromatic heterocycles. The van der Waals surface area contributed by atoms with Crippen LogP contribution >= 0.6 is 27.3 Å². The number of ketones is 1. The maximum Gasteiger partial charge on any atom is 0.342 e. The molecule has 1 aromatic carbocycles. The van der Waals surface area contributed by atoms with Gasteiger partial charge in [-0.3, -0.25) is 9.59 Å². The van der Waals surface area contributed by atoms with Gasteiger partial charge < -0.3 is 14.6 Å². The summed E-state index contributed by atoms with van der Waals surface area (Å²) in [4.78, 5) is 40.9. The van der Waals surface area contributed by atoms with Gasteiger partial charge in [0, 0.05) is 15.5 Å².